The summed E-state index contributed by atoms with van der Waals surface area (Å²) < 4.78 is 55.0. The van der Waals surface area contributed by atoms with Crippen LogP contribution in [0.25, 0.3) is 0 Å². The highest BCUT2D eigenvalue weighted by molar-refractivity contribution is 7.92. The van der Waals surface area contributed by atoms with Crippen molar-refractivity contribution in [3.8, 4) is 0 Å². The van der Waals surface area contributed by atoms with Gasteiger partial charge in [-0.3, -0.25) is 14.8 Å². The number of anilines is 1. The summed E-state index contributed by atoms with van der Waals surface area (Å²) in [5.41, 5.74) is -0.190. The first-order valence-corrected chi connectivity index (χ1v) is 12.4. The number of nitrogens with one attached hydrogen (secondary N) is 1. The second-order valence-corrected chi connectivity index (χ2v) is 10.9. The second-order valence-electron chi connectivity index (χ2n) is 7.35. The standard InChI is InChI=1S/C19H23N3O6S2/c1-14-5-3-6-15(2)21(14)30(27,28)18-11-9-16(10-12-18)20-29(25,26)19-8-4-7-17(13-19)22(23)24/h4,7-15,20H,3,5-6H2,1-2H3. The zero-order valence-corrected chi connectivity index (χ0v) is 18.2. The van der Waals surface area contributed by atoms with Gasteiger partial charge in [0.1, 0.15) is 0 Å². The van der Waals surface area contributed by atoms with E-state index in [-0.39, 0.29) is 33.2 Å². The molecular formula is C19H23N3O6S2. The van der Waals surface area contributed by atoms with Crippen LogP contribution in [0.4, 0.5) is 11.4 Å². The van der Waals surface area contributed by atoms with Gasteiger partial charge in [0.05, 0.1) is 14.7 Å². The number of benzene rings is 2. The monoisotopic (exact) mass is 453 g/mol. The molecule has 3 rings (SSSR count). The van der Waals surface area contributed by atoms with Crippen molar-refractivity contribution in [3.05, 3.63) is 58.6 Å². The van der Waals surface area contributed by atoms with Crippen LogP contribution in [0, 0.1) is 10.1 Å². The molecule has 0 spiro atoms. The minimum atomic E-state index is -4.07. The summed E-state index contributed by atoms with van der Waals surface area (Å²) in [5.74, 6) is 0. The number of nitro groups is 1. The fourth-order valence-electron chi connectivity index (χ4n) is 3.67. The number of nitro benzene ring substituents is 1. The highest BCUT2D eigenvalue weighted by atomic mass is 32.2. The van der Waals surface area contributed by atoms with E-state index in [9.17, 15) is 26.9 Å². The van der Waals surface area contributed by atoms with Crippen LogP contribution in [-0.4, -0.2) is 38.1 Å². The Bertz CT molecular complexity index is 1140. The van der Waals surface area contributed by atoms with Gasteiger partial charge < -0.3 is 0 Å². The molecule has 1 aliphatic rings. The summed E-state index contributed by atoms with van der Waals surface area (Å²) >= 11 is 0. The van der Waals surface area contributed by atoms with Gasteiger partial charge in [-0.05, 0) is 57.0 Å². The quantitative estimate of drug-likeness (QED) is 0.528. The molecule has 2 aromatic rings. The number of rotatable bonds is 6. The molecule has 1 N–H and O–H groups in total. The normalized spacial score (nSPS) is 20.6. The summed E-state index contributed by atoms with van der Waals surface area (Å²) in [6.07, 6.45) is 2.57. The molecule has 2 unspecified atom stereocenters. The molecule has 0 bridgehead atoms. The minimum Gasteiger partial charge on any atom is -0.280 e. The lowest BCUT2D eigenvalue weighted by Gasteiger charge is -2.37. The molecule has 1 heterocycles. The Balaban J connectivity index is 1.83. The maximum atomic E-state index is 13.1. The highest BCUT2D eigenvalue weighted by Crippen LogP contribution is 2.30. The number of non-ortho nitro benzene ring substituents is 1. The SMILES string of the molecule is CC1CCCC(C)N1S(=O)(=O)c1ccc(NS(=O)(=O)c2cccc([N+](=O)[O-])c2)cc1. The molecule has 0 saturated carbocycles. The van der Waals surface area contributed by atoms with Gasteiger partial charge in [-0.1, -0.05) is 12.5 Å². The molecule has 1 saturated heterocycles. The lowest BCUT2D eigenvalue weighted by molar-refractivity contribution is -0.385. The van der Waals surface area contributed by atoms with Crippen molar-refractivity contribution in [2.45, 2.75) is 55.0 Å². The lowest BCUT2D eigenvalue weighted by Crippen LogP contribution is -2.47. The van der Waals surface area contributed by atoms with Gasteiger partial charge >= 0.3 is 0 Å². The van der Waals surface area contributed by atoms with Crippen LogP contribution in [0.2, 0.25) is 0 Å². The van der Waals surface area contributed by atoms with Crippen molar-refractivity contribution >= 4 is 31.4 Å². The topological polar surface area (TPSA) is 127 Å². The number of hydrogen-bond donors (Lipinski definition) is 1. The summed E-state index contributed by atoms with van der Waals surface area (Å²) in [5, 5.41) is 10.9. The second kappa shape index (κ2) is 8.32. The Morgan fingerprint density at radius 1 is 0.967 bits per heavy atom. The predicted octanol–water partition coefficient (Wildman–Crippen LogP) is 3.35. The number of sulfonamides is 2. The van der Waals surface area contributed by atoms with E-state index in [1.54, 1.807) is 0 Å². The third kappa shape index (κ3) is 4.47. The Morgan fingerprint density at radius 3 is 2.13 bits per heavy atom. The van der Waals surface area contributed by atoms with Crippen LogP contribution in [0.1, 0.15) is 33.1 Å². The molecule has 2 aromatic carbocycles. The third-order valence-corrected chi connectivity index (χ3v) is 8.66. The molecular weight excluding hydrogens is 430 g/mol. The van der Waals surface area contributed by atoms with Gasteiger partial charge in [-0.25, -0.2) is 16.8 Å². The zero-order chi connectivity index (χ0) is 22.1. The molecule has 2 atom stereocenters. The van der Waals surface area contributed by atoms with E-state index in [0.717, 1.165) is 25.3 Å². The lowest BCUT2D eigenvalue weighted by atomic mass is 10.0. The van der Waals surface area contributed by atoms with E-state index in [0.29, 0.717) is 0 Å². The fourth-order valence-corrected chi connectivity index (χ4v) is 6.65. The van der Waals surface area contributed by atoms with E-state index in [1.807, 2.05) is 13.8 Å². The maximum absolute atomic E-state index is 13.1. The molecule has 0 aromatic heterocycles. The Hall–Kier alpha value is -2.50. The first-order chi connectivity index (χ1) is 14.0. The largest absolute Gasteiger partial charge is 0.280 e. The summed E-state index contributed by atoms with van der Waals surface area (Å²) in [4.78, 5) is 10.0. The highest BCUT2D eigenvalue weighted by Gasteiger charge is 2.35. The van der Waals surface area contributed by atoms with E-state index in [2.05, 4.69) is 4.72 Å². The Labute approximate surface area is 176 Å². The fraction of sp³-hybridized carbons (Fsp3) is 0.368. The molecule has 0 radical (unpaired) electrons. The molecule has 162 valence electrons. The van der Waals surface area contributed by atoms with E-state index < -0.39 is 25.0 Å². The van der Waals surface area contributed by atoms with Crippen molar-refractivity contribution < 1.29 is 21.8 Å². The third-order valence-electron chi connectivity index (χ3n) is 5.13. The molecule has 30 heavy (non-hydrogen) atoms. The van der Waals surface area contributed by atoms with Crippen molar-refractivity contribution in [3.63, 3.8) is 0 Å². The van der Waals surface area contributed by atoms with Crippen molar-refractivity contribution in [2.75, 3.05) is 4.72 Å². The van der Waals surface area contributed by atoms with Crippen LogP contribution < -0.4 is 4.72 Å². The molecule has 1 fully saturated rings. The number of nitrogens with zero attached hydrogens (tertiary/aromatic N) is 2. The van der Waals surface area contributed by atoms with Gasteiger partial charge in [-0.2, -0.15) is 4.31 Å². The number of piperidine rings is 1. The van der Waals surface area contributed by atoms with Crippen LogP contribution in [0.15, 0.2) is 58.3 Å². The van der Waals surface area contributed by atoms with Gasteiger partial charge in [-0.15, -0.1) is 0 Å². The van der Waals surface area contributed by atoms with Gasteiger partial charge in [0, 0.05) is 29.9 Å². The van der Waals surface area contributed by atoms with E-state index in [4.69, 9.17) is 0 Å². The van der Waals surface area contributed by atoms with Crippen LogP contribution >= 0.6 is 0 Å². The van der Waals surface area contributed by atoms with Crippen molar-refractivity contribution in [2.24, 2.45) is 0 Å². The van der Waals surface area contributed by atoms with Crippen LogP contribution in [0.5, 0.6) is 0 Å². The summed E-state index contributed by atoms with van der Waals surface area (Å²) in [6.45, 7) is 3.77. The predicted molar refractivity (Wildman–Crippen MR) is 112 cm³/mol. The molecule has 1 aliphatic heterocycles. The van der Waals surface area contributed by atoms with Crippen molar-refractivity contribution in [1.82, 2.24) is 4.31 Å². The molecule has 0 amide bonds. The zero-order valence-electron chi connectivity index (χ0n) is 16.6. The van der Waals surface area contributed by atoms with Gasteiger partial charge in [0.15, 0.2) is 0 Å². The summed E-state index contributed by atoms with van der Waals surface area (Å²) in [7, 11) is -7.78. The first kappa shape index (κ1) is 22.2. The van der Waals surface area contributed by atoms with Gasteiger partial charge in [0.2, 0.25) is 10.0 Å². The van der Waals surface area contributed by atoms with Crippen LogP contribution in [0.3, 0.4) is 0 Å². The molecule has 9 nitrogen and oxygen atoms in total. The van der Waals surface area contributed by atoms with E-state index in [1.165, 1.54) is 46.8 Å². The average Bonchev–Trinajstić information content (AvgIpc) is 2.68. The first-order valence-electron chi connectivity index (χ1n) is 9.43. The summed E-state index contributed by atoms with van der Waals surface area (Å²) in [6, 6.07) is 9.90. The van der Waals surface area contributed by atoms with E-state index >= 15 is 0 Å². The maximum Gasteiger partial charge on any atom is 0.270 e. The Kier molecular flexibility index (Phi) is 6.16. The smallest absolute Gasteiger partial charge is 0.270 e. The minimum absolute atomic E-state index is 0.0846. The molecule has 11 heteroatoms. The van der Waals surface area contributed by atoms with Crippen LogP contribution in [-0.2, 0) is 20.0 Å². The average molecular weight is 454 g/mol. The number of hydrogen-bond acceptors (Lipinski definition) is 6. The van der Waals surface area contributed by atoms with Gasteiger partial charge in [0.25, 0.3) is 15.7 Å². The molecule has 0 aliphatic carbocycles. The van der Waals surface area contributed by atoms with Crippen molar-refractivity contribution in [1.29, 1.82) is 0 Å². The Morgan fingerprint density at radius 2 is 1.57 bits per heavy atom.